The van der Waals surface area contributed by atoms with Crippen LogP contribution in [0.5, 0.6) is 11.5 Å². The number of carbonyl (C=O) groups excluding carboxylic acids is 1. The third kappa shape index (κ3) is 4.35. The van der Waals surface area contributed by atoms with Gasteiger partial charge in [0.2, 0.25) is 5.91 Å². The van der Waals surface area contributed by atoms with Gasteiger partial charge in [-0.1, -0.05) is 22.0 Å². The van der Waals surface area contributed by atoms with Crippen LogP contribution >= 0.6 is 15.9 Å². The van der Waals surface area contributed by atoms with E-state index in [-0.39, 0.29) is 12.0 Å². The molecule has 1 saturated heterocycles. The maximum Gasteiger partial charge on any atom is 0.243 e. The Morgan fingerprint density at radius 2 is 2.04 bits per heavy atom. The van der Waals surface area contributed by atoms with Crippen molar-refractivity contribution in [3.05, 3.63) is 53.0 Å². The third-order valence-corrected chi connectivity index (χ3v) is 4.35. The van der Waals surface area contributed by atoms with Gasteiger partial charge in [-0.15, -0.1) is 0 Å². The van der Waals surface area contributed by atoms with Gasteiger partial charge in [-0.3, -0.25) is 4.79 Å². The lowest BCUT2D eigenvalue weighted by atomic mass is 10.1. The quantitative estimate of drug-likeness (QED) is 0.816. The van der Waals surface area contributed by atoms with E-state index >= 15 is 0 Å². The number of amides is 1. The molecule has 2 aromatic carbocycles. The minimum Gasteiger partial charge on any atom is -0.457 e. The van der Waals surface area contributed by atoms with Gasteiger partial charge in [-0.2, -0.15) is 0 Å². The van der Waals surface area contributed by atoms with Crippen molar-refractivity contribution in [3.63, 3.8) is 0 Å². The smallest absolute Gasteiger partial charge is 0.243 e. The molecule has 2 unspecified atom stereocenters. The Morgan fingerprint density at radius 3 is 2.75 bits per heavy atom. The summed E-state index contributed by atoms with van der Waals surface area (Å²) >= 11 is 3.39. The van der Waals surface area contributed by atoms with E-state index in [4.69, 9.17) is 15.2 Å². The van der Waals surface area contributed by atoms with Gasteiger partial charge in [-0.25, -0.2) is 0 Å². The fraction of sp³-hybridized carbons (Fsp3) is 0.278. The van der Waals surface area contributed by atoms with Gasteiger partial charge in [0, 0.05) is 22.8 Å². The summed E-state index contributed by atoms with van der Waals surface area (Å²) in [5.41, 5.74) is 6.62. The molecule has 3 N–H and O–H groups in total. The highest BCUT2D eigenvalue weighted by atomic mass is 79.9. The first kappa shape index (κ1) is 17.0. The predicted octanol–water partition coefficient (Wildman–Crippen LogP) is 3.69. The van der Waals surface area contributed by atoms with Gasteiger partial charge in [0.1, 0.15) is 17.5 Å². The zero-order chi connectivity index (χ0) is 16.9. The molecule has 1 heterocycles. The van der Waals surface area contributed by atoms with Crippen molar-refractivity contribution < 1.29 is 14.3 Å². The van der Waals surface area contributed by atoms with Gasteiger partial charge in [0.25, 0.3) is 0 Å². The third-order valence-electron chi connectivity index (χ3n) is 3.82. The summed E-state index contributed by atoms with van der Waals surface area (Å²) in [4.78, 5) is 12.2. The van der Waals surface area contributed by atoms with Crippen LogP contribution in [0.25, 0.3) is 0 Å². The van der Waals surface area contributed by atoms with Crippen LogP contribution in [0.15, 0.2) is 53.0 Å². The van der Waals surface area contributed by atoms with Crippen LogP contribution in [-0.4, -0.2) is 24.7 Å². The normalized spacial score (nSPS) is 18.2. The lowest BCUT2D eigenvalue weighted by Gasteiger charge is -2.18. The molecule has 2 aromatic rings. The number of hydrogen-bond acceptors (Lipinski definition) is 4. The predicted molar refractivity (Wildman–Crippen MR) is 96.2 cm³/mol. The van der Waals surface area contributed by atoms with Crippen molar-refractivity contribution in [2.45, 2.75) is 25.0 Å². The number of nitrogens with one attached hydrogen (secondary N) is 1. The number of halogens is 1. The highest BCUT2D eigenvalue weighted by molar-refractivity contribution is 9.10. The molecule has 0 radical (unpaired) electrons. The molecule has 1 amide bonds. The minimum atomic E-state index is -0.663. The molecule has 0 saturated carbocycles. The lowest BCUT2D eigenvalue weighted by Crippen LogP contribution is -2.44. The van der Waals surface area contributed by atoms with Crippen molar-refractivity contribution in [1.29, 1.82) is 0 Å². The van der Waals surface area contributed by atoms with Gasteiger partial charge in [-0.05, 0) is 49.2 Å². The molecule has 1 fully saturated rings. The molecule has 24 heavy (non-hydrogen) atoms. The molecular formula is C18H19BrN2O3. The summed E-state index contributed by atoms with van der Waals surface area (Å²) in [5.74, 6) is 1.11. The van der Waals surface area contributed by atoms with Crippen molar-refractivity contribution in [2.24, 2.45) is 5.73 Å². The number of nitrogens with two attached hydrogens (primary N) is 1. The molecule has 0 spiro atoms. The molecule has 0 aromatic heterocycles. The standard InChI is InChI=1S/C18H19BrN2O3/c19-12-6-8-14(9-7-12)24-15-4-1-3-13(11-15)21-18(22)17(20)16-5-2-10-23-16/h1,3-4,6-9,11,16-17H,2,5,10,20H2,(H,21,22). The lowest BCUT2D eigenvalue weighted by molar-refractivity contribution is -0.119. The van der Waals surface area contributed by atoms with Gasteiger partial charge >= 0.3 is 0 Å². The SMILES string of the molecule is NC(C(=O)Nc1cccc(Oc2ccc(Br)cc2)c1)C1CCCO1. The summed E-state index contributed by atoms with van der Waals surface area (Å²) in [6.45, 7) is 0.669. The van der Waals surface area contributed by atoms with E-state index in [2.05, 4.69) is 21.2 Å². The number of rotatable bonds is 5. The van der Waals surface area contributed by atoms with E-state index in [9.17, 15) is 4.79 Å². The molecule has 126 valence electrons. The van der Waals surface area contributed by atoms with Crippen molar-refractivity contribution in [1.82, 2.24) is 0 Å². The van der Waals surface area contributed by atoms with E-state index in [1.165, 1.54) is 0 Å². The number of benzene rings is 2. The molecule has 1 aliphatic heterocycles. The van der Waals surface area contributed by atoms with E-state index in [1.807, 2.05) is 36.4 Å². The van der Waals surface area contributed by atoms with Crippen LogP contribution in [0.3, 0.4) is 0 Å². The number of carbonyl (C=O) groups is 1. The molecule has 5 nitrogen and oxygen atoms in total. The Morgan fingerprint density at radius 1 is 1.25 bits per heavy atom. The molecule has 0 aliphatic carbocycles. The Labute approximate surface area is 149 Å². The van der Waals surface area contributed by atoms with E-state index < -0.39 is 6.04 Å². The van der Waals surface area contributed by atoms with Crippen molar-refractivity contribution >= 4 is 27.5 Å². The van der Waals surface area contributed by atoms with Gasteiger partial charge < -0.3 is 20.5 Å². The van der Waals surface area contributed by atoms with E-state index in [1.54, 1.807) is 12.1 Å². The number of ether oxygens (including phenoxy) is 2. The Bertz CT molecular complexity index is 700. The fourth-order valence-electron chi connectivity index (χ4n) is 2.56. The second-order valence-electron chi connectivity index (χ2n) is 5.65. The average molecular weight is 391 g/mol. The Kier molecular flexibility index (Phi) is 5.50. The second kappa shape index (κ2) is 7.79. The molecule has 6 heteroatoms. The summed E-state index contributed by atoms with van der Waals surface area (Å²) < 4.78 is 12.2. The highest BCUT2D eigenvalue weighted by Gasteiger charge is 2.28. The maximum atomic E-state index is 12.2. The zero-order valence-electron chi connectivity index (χ0n) is 13.1. The summed E-state index contributed by atoms with van der Waals surface area (Å²) in [6, 6.07) is 14.1. The first-order valence-corrected chi connectivity index (χ1v) is 8.63. The summed E-state index contributed by atoms with van der Waals surface area (Å²) in [6.07, 6.45) is 1.57. The largest absolute Gasteiger partial charge is 0.457 e. The van der Waals surface area contributed by atoms with E-state index in [0.29, 0.717) is 18.0 Å². The fourth-order valence-corrected chi connectivity index (χ4v) is 2.82. The first-order valence-electron chi connectivity index (χ1n) is 7.83. The first-order chi connectivity index (χ1) is 11.6. The second-order valence-corrected chi connectivity index (χ2v) is 6.57. The highest BCUT2D eigenvalue weighted by Crippen LogP contribution is 2.25. The van der Waals surface area contributed by atoms with Crippen LogP contribution in [0.2, 0.25) is 0 Å². The Hall–Kier alpha value is -1.89. The van der Waals surface area contributed by atoms with Crippen molar-refractivity contribution in [2.75, 3.05) is 11.9 Å². The van der Waals surface area contributed by atoms with Crippen molar-refractivity contribution in [3.8, 4) is 11.5 Å². The average Bonchev–Trinajstić information content (AvgIpc) is 3.11. The van der Waals surface area contributed by atoms with Crippen LogP contribution in [0.1, 0.15) is 12.8 Å². The zero-order valence-corrected chi connectivity index (χ0v) is 14.7. The van der Waals surface area contributed by atoms with Crippen LogP contribution in [0, 0.1) is 0 Å². The summed E-state index contributed by atoms with van der Waals surface area (Å²) in [7, 11) is 0. The van der Waals surface area contributed by atoms with Gasteiger partial charge in [0.05, 0.1) is 6.10 Å². The van der Waals surface area contributed by atoms with Crippen LogP contribution < -0.4 is 15.8 Å². The van der Waals surface area contributed by atoms with Crippen LogP contribution in [0.4, 0.5) is 5.69 Å². The van der Waals surface area contributed by atoms with Crippen LogP contribution in [-0.2, 0) is 9.53 Å². The minimum absolute atomic E-state index is 0.202. The van der Waals surface area contributed by atoms with Gasteiger partial charge in [0.15, 0.2) is 0 Å². The Balaban J connectivity index is 1.64. The number of anilines is 1. The topological polar surface area (TPSA) is 73.6 Å². The molecule has 0 bridgehead atoms. The molecule has 1 aliphatic rings. The maximum absolute atomic E-state index is 12.2. The van der Waals surface area contributed by atoms with E-state index in [0.717, 1.165) is 23.1 Å². The molecule has 2 atom stereocenters. The molecular weight excluding hydrogens is 372 g/mol. The monoisotopic (exact) mass is 390 g/mol. The molecule has 3 rings (SSSR count). The number of hydrogen-bond donors (Lipinski definition) is 2. The summed E-state index contributed by atoms with van der Waals surface area (Å²) in [5, 5.41) is 2.82.